The second-order valence-corrected chi connectivity index (χ2v) is 6.71. The Morgan fingerprint density at radius 1 is 1.21 bits per heavy atom. The van der Waals surface area contributed by atoms with Crippen LogP contribution in [0.3, 0.4) is 0 Å². The minimum Gasteiger partial charge on any atom is -0.313 e. The molecule has 3 rings (SSSR count). The van der Waals surface area contributed by atoms with E-state index < -0.39 is 12.0 Å². The molecule has 1 amide bonds. The summed E-state index contributed by atoms with van der Waals surface area (Å²) in [6.45, 7) is 6.49. The van der Waals surface area contributed by atoms with Crippen molar-refractivity contribution in [3.63, 3.8) is 0 Å². The Morgan fingerprint density at radius 2 is 1.90 bits per heavy atom. The van der Waals surface area contributed by atoms with Crippen LogP contribution in [-0.4, -0.2) is 26.8 Å². The first-order valence-electron chi connectivity index (χ1n) is 9.63. The maximum atomic E-state index is 13.5. The van der Waals surface area contributed by atoms with E-state index >= 15 is 0 Å². The monoisotopic (exact) mass is 402 g/mol. The molecule has 0 saturated heterocycles. The van der Waals surface area contributed by atoms with Crippen LogP contribution in [-0.2, 0) is 17.9 Å². The van der Waals surface area contributed by atoms with Gasteiger partial charge in [0.2, 0.25) is 5.91 Å². The Morgan fingerprint density at radius 3 is 2.48 bits per heavy atom. The van der Waals surface area contributed by atoms with Crippen LogP contribution < -0.4 is 10.5 Å². The Balaban J connectivity index is 1.96. The van der Waals surface area contributed by atoms with Gasteiger partial charge in [0.1, 0.15) is 0 Å². The van der Waals surface area contributed by atoms with Crippen LogP contribution in [0.1, 0.15) is 38.0 Å². The molecule has 0 aliphatic rings. The van der Waals surface area contributed by atoms with Gasteiger partial charge in [-0.15, -0.1) is 0 Å². The maximum absolute atomic E-state index is 13.5. The number of hydrogen-bond acceptors (Lipinski definition) is 3. The lowest BCUT2D eigenvalue weighted by molar-refractivity contribution is -0.118. The largest absolute Gasteiger partial charge is 0.313 e. The van der Waals surface area contributed by atoms with Gasteiger partial charge in [0, 0.05) is 54.5 Å². The van der Waals surface area contributed by atoms with Crippen LogP contribution >= 0.6 is 0 Å². The van der Waals surface area contributed by atoms with Crippen LogP contribution in [0, 0.1) is 6.92 Å². The van der Waals surface area contributed by atoms with E-state index in [9.17, 15) is 18.4 Å². The smallest absolute Gasteiger partial charge is 0.264 e. The van der Waals surface area contributed by atoms with E-state index in [4.69, 9.17) is 0 Å². The number of aryl methyl sites for hydroxylation is 3. The summed E-state index contributed by atoms with van der Waals surface area (Å²) >= 11 is 0. The van der Waals surface area contributed by atoms with E-state index in [0.29, 0.717) is 18.8 Å². The average Bonchev–Trinajstić information content (AvgIpc) is 3.04. The summed E-state index contributed by atoms with van der Waals surface area (Å²) in [5.74, 6) is -0.150. The van der Waals surface area contributed by atoms with Crippen molar-refractivity contribution in [3.05, 3.63) is 58.0 Å². The number of aromatic nitrogens is 3. The molecule has 1 aromatic carbocycles. The molecule has 0 bridgehead atoms. The minimum absolute atomic E-state index is 0.0593. The predicted octanol–water partition coefficient (Wildman–Crippen LogP) is 3.91. The molecule has 0 unspecified atom stereocenters. The van der Waals surface area contributed by atoms with Crippen molar-refractivity contribution >= 4 is 22.6 Å². The fourth-order valence-corrected chi connectivity index (χ4v) is 3.59. The molecule has 154 valence electrons. The highest BCUT2D eigenvalue weighted by molar-refractivity contribution is 5.93. The number of halogens is 2. The van der Waals surface area contributed by atoms with E-state index in [1.54, 1.807) is 16.5 Å². The number of carbonyl (C=O) groups is 1. The van der Waals surface area contributed by atoms with Gasteiger partial charge < -0.3 is 4.90 Å². The molecule has 2 aromatic heterocycles. The van der Waals surface area contributed by atoms with E-state index in [1.165, 1.54) is 4.57 Å². The summed E-state index contributed by atoms with van der Waals surface area (Å²) in [5, 5.41) is 4.64. The lowest BCUT2D eigenvalue weighted by atomic mass is 10.1. The van der Waals surface area contributed by atoms with Crippen molar-refractivity contribution in [2.45, 2.75) is 46.7 Å². The molecule has 0 atom stereocenters. The first-order chi connectivity index (χ1) is 13.9. The van der Waals surface area contributed by atoms with Crippen molar-refractivity contribution < 1.29 is 13.6 Å². The van der Waals surface area contributed by atoms with E-state index in [1.807, 2.05) is 44.2 Å². The summed E-state index contributed by atoms with van der Waals surface area (Å²) in [4.78, 5) is 26.9. The number of anilines is 1. The predicted molar refractivity (Wildman–Crippen MR) is 108 cm³/mol. The van der Waals surface area contributed by atoms with Gasteiger partial charge in [-0.1, -0.05) is 18.2 Å². The third-order valence-electron chi connectivity index (χ3n) is 5.05. The minimum atomic E-state index is -2.77. The topological polar surface area (TPSA) is 60.1 Å². The lowest BCUT2D eigenvalue weighted by Gasteiger charge is -2.21. The van der Waals surface area contributed by atoms with Crippen molar-refractivity contribution in [1.82, 2.24) is 14.3 Å². The van der Waals surface area contributed by atoms with Gasteiger partial charge in [-0.2, -0.15) is 5.10 Å². The number of hydrogen-bond donors (Lipinski definition) is 0. The fraction of sp³-hybridized carbons (Fsp3) is 0.381. The van der Waals surface area contributed by atoms with Crippen molar-refractivity contribution in [2.24, 2.45) is 0 Å². The quantitative estimate of drug-likeness (QED) is 0.602. The number of amides is 1. The van der Waals surface area contributed by atoms with Gasteiger partial charge in [-0.05, 0) is 32.9 Å². The van der Waals surface area contributed by atoms with Crippen molar-refractivity contribution in [1.29, 1.82) is 0 Å². The van der Waals surface area contributed by atoms with Crippen LogP contribution in [0.4, 0.5) is 14.5 Å². The zero-order chi connectivity index (χ0) is 21.1. The summed E-state index contributed by atoms with van der Waals surface area (Å²) in [7, 11) is 0. The van der Waals surface area contributed by atoms with Gasteiger partial charge in [0.15, 0.2) is 5.65 Å². The lowest BCUT2D eigenvalue weighted by Crippen LogP contribution is -2.32. The molecular formula is C21H24F2N4O2. The van der Waals surface area contributed by atoms with Gasteiger partial charge in [-0.3, -0.25) is 18.8 Å². The summed E-state index contributed by atoms with van der Waals surface area (Å²) < 4.78 is 29.9. The first kappa shape index (κ1) is 20.7. The normalized spacial score (nSPS) is 11.4. The number of carbonyl (C=O) groups excluding carboxylic acids is 1. The van der Waals surface area contributed by atoms with Gasteiger partial charge in [0.05, 0.1) is 0 Å². The molecule has 0 saturated carbocycles. The van der Waals surface area contributed by atoms with Gasteiger partial charge in [-0.25, -0.2) is 8.78 Å². The maximum Gasteiger partial charge on any atom is 0.264 e. The molecule has 3 aromatic rings. The molecule has 0 aliphatic heterocycles. The third-order valence-corrected chi connectivity index (χ3v) is 5.05. The molecule has 0 aliphatic carbocycles. The van der Waals surface area contributed by atoms with E-state index in [-0.39, 0.29) is 35.5 Å². The average molecular weight is 402 g/mol. The van der Waals surface area contributed by atoms with Gasteiger partial charge >= 0.3 is 0 Å². The number of benzene rings is 1. The molecule has 0 N–H and O–H groups in total. The molecule has 29 heavy (non-hydrogen) atoms. The summed E-state index contributed by atoms with van der Waals surface area (Å²) in [6.07, 6.45) is -2.72. The van der Waals surface area contributed by atoms with Crippen LogP contribution in [0.15, 0.2) is 41.2 Å². The highest BCUT2D eigenvalue weighted by Gasteiger charge is 2.22. The fourth-order valence-electron chi connectivity index (χ4n) is 3.59. The van der Waals surface area contributed by atoms with Gasteiger partial charge in [0.25, 0.3) is 12.0 Å². The molecule has 0 fully saturated rings. The van der Waals surface area contributed by atoms with Crippen LogP contribution in [0.2, 0.25) is 0 Å². The highest BCUT2D eigenvalue weighted by Crippen LogP contribution is 2.29. The summed E-state index contributed by atoms with van der Waals surface area (Å²) in [5.41, 5.74) is 0.657. The van der Waals surface area contributed by atoms with Crippen molar-refractivity contribution in [3.8, 4) is 0 Å². The highest BCUT2D eigenvalue weighted by atomic mass is 19.3. The first-order valence-corrected chi connectivity index (χ1v) is 9.63. The number of alkyl halides is 2. The number of fused-ring (bicyclic) bond motifs is 1. The molecule has 2 heterocycles. The molecule has 6 nitrogen and oxygen atoms in total. The zero-order valence-corrected chi connectivity index (χ0v) is 16.7. The zero-order valence-electron chi connectivity index (χ0n) is 16.7. The van der Waals surface area contributed by atoms with E-state index in [2.05, 4.69) is 5.10 Å². The third kappa shape index (κ3) is 3.92. The standard InChI is InChI=1S/C21H24F2N4O2/c1-4-25(15-9-7-6-8-10-15)17(28)11-12-26-18(29)13-16(20(22)23)19-14(3)27(5-2)24-21(19)26/h6-10,13,20H,4-5,11-12H2,1-3H3. The van der Waals surface area contributed by atoms with E-state index in [0.717, 1.165) is 11.8 Å². The van der Waals surface area contributed by atoms with Crippen LogP contribution in [0.25, 0.3) is 11.0 Å². The Labute approximate surface area is 167 Å². The number of rotatable bonds is 7. The number of pyridine rings is 1. The molecule has 8 heteroatoms. The SMILES string of the molecule is CCN(C(=O)CCn1c(=O)cc(C(F)F)c2c(C)n(CC)nc21)c1ccccc1. The second kappa shape index (κ2) is 8.55. The molecule has 0 radical (unpaired) electrons. The van der Waals surface area contributed by atoms with Crippen LogP contribution in [0.5, 0.6) is 0 Å². The number of nitrogens with zero attached hydrogens (tertiary/aromatic N) is 4. The number of para-hydroxylation sites is 1. The molecule has 0 spiro atoms. The molecular weight excluding hydrogens is 378 g/mol. The Kier molecular flexibility index (Phi) is 6.10. The second-order valence-electron chi connectivity index (χ2n) is 6.71. The Bertz CT molecular complexity index is 1070. The summed E-state index contributed by atoms with van der Waals surface area (Å²) in [6, 6.07) is 10.2. The Hall–Kier alpha value is -3.03. The van der Waals surface area contributed by atoms with Crippen molar-refractivity contribution in [2.75, 3.05) is 11.4 Å².